The number of hydrogen-bond acceptors (Lipinski definition) is 4. The van der Waals surface area contributed by atoms with E-state index in [1.165, 1.54) is 0 Å². The molecule has 1 aromatic carbocycles. The van der Waals surface area contributed by atoms with Crippen molar-refractivity contribution in [3.63, 3.8) is 0 Å². The van der Waals surface area contributed by atoms with Gasteiger partial charge in [-0.25, -0.2) is 0 Å². The fraction of sp³-hybridized carbons (Fsp3) is 0.429. The zero-order valence-corrected chi connectivity index (χ0v) is 10.8. The highest BCUT2D eigenvalue weighted by Gasteiger charge is 2.24. The van der Waals surface area contributed by atoms with Crippen LogP contribution in [0, 0.1) is 0 Å². The Hall–Kier alpha value is -2.04. The number of fused-ring (bicyclic) bond motifs is 1. The molecule has 1 aromatic rings. The highest BCUT2D eigenvalue weighted by molar-refractivity contribution is 5.81. The minimum Gasteiger partial charge on any atom is -0.491 e. The van der Waals surface area contributed by atoms with Crippen molar-refractivity contribution in [1.82, 2.24) is 5.32 Å². The maximum atomic E-state index is 11.7. The highest BCUT2D eigenvalue weighted by Crippen LogP contribution is 2.31. The summed E-state index contributed by atoms with van der Waals surface area (Å²) in [4.78, 5) is 22.9. The van der Waals surface area contributed by atoms with Crippen molar-refractivity contribution in [3.8, 4) is 5.75 Å². The third-order valence-corrected chi connectivity index (χ3v) is 2.90. The predicted molar refractivity (Wildman–Crippen MR) is 68.7 cm³/mol. The van der Waals surface area contributed by atoms with Gasteiger partial charge in [-0.05, 0) is 13.0 Å². The standard InChI is InChI=1S/C14H17NO4/c1-2-18-14(17)8-7-13(16)15-11-9-19-12-6-4-3-5-10(11)12/h3-6,11H,2,7-9H2,1H3,(H,15,16). The summed E-state index contributed by atoms with van der Waals surface area (Å²) in [6, 6.07) is 7.47. The van der Waals surface area contributed by atoms with E-state index in [0.29, 0.717) is 13.2 Å². The number of carbonyl (C=O) groups is 2. The Kier molecular flexibility index (Phi) is 4.39. The average Bonchev–Trinajstić information content (AvgIpc) is 2.80. The fourth-order valence-corrected chi connectivity index (χ4v) is 2.00. The van der Waals surface area contributed by atoms with Gasteiger partial charge in [-0.2, -0.15) is 0 Å². The molecule has 0 saturated heterocycles. The lowest BCUT2D eigenvalue weighted by Gasteiger charge is -2.11. The van der Waals surface area contributed by atoms with Crippen LogP contribution >= 0.6 is 0 Å². The van der Waals surface area contributed by atoms with Gasteiger partial charge in [0.1, 0.15) is 12.4 Å². The molecule has 1 aliphatic heterocycles. The van der Waals surface area contributed by atoms with Crippen LogP contribution in [0.5, 0.6) is 5.75 Å². The molecule has 102 valence electrons. The molecule has 0 radical (unpaired) electrons. The number of benzene rings is 1. The molecule has 1 N–H and O–H groups in total. The van der Waals surface area contributed by atoms with E-state index in [0.717, 1.165) is 11.3 Å². The molecule has 0 aliphatic carbocycles. The molecule has 1 amide bonds. The van der Waals surface area contributed by atoms with Crippen molar-refractivity contribution in [2.24, 2.45) is 0 Å². The van der Waals surface area contributed by atoms with E-state index in [1.54, 1.807) is 6.92 Å². The Bertz CT molecular complexity index is 472. The van der Waals surface area contributed by atoms with Crippen LogP contribution < -0.4 is 10.1 Å². The summed E-state index contributed by atoms with van der Waals surface area (Å²) >= 11 is 0. The van der Waals surface area contributed by atoms with Crippen molar-refractivity contribution in [1.29, 1.82) is 0 Å². The van der Waals surface area contributed by atoms with Crippen molar-refractivity contribution in [2.45, 2.75) is 25.8 Å². The van der Waals surface area contributed by atoms with Gasteiger partial charge in [0.15, 0.2) is 0 Å². The first-order valence-electron chi connectivity index (χ1n) is 6.37. The molecule has 0 aromatic heterocycles. The highest BCUT2D eigenvalue weighted by atomic mass is 16.5. The summed E-state index contributed by atoms with van der Waals surface area (Å²) in [5, 5.41) is 2.86. The van der Waals surface area contributed by atoms with E-state index in [1.807, 2.05) is 24.3 Å². The maximum absolute atomic E-state index is 11.7. The number of amides is 1. The summed E-state index contributed by atoms with van der Waals surface area (Å²) in [7, 11) is 0. The number of hydrogen-bond donors (Lipinski definition) is 1. The molecule has 1 heterocycles. The summed E-state index contributed by atoms with van der Waals surface area (Å²) in [5.74, 6) is 0.289. The molecule has 1 aliphatic rings. The second-order valence-corrected chi connectivity index (χ2v) is 4.27. The molecular weight excluding hydrogens is 246 g/mol. The van der Waals surface area contributed by atoms with E-state index < -0.39 is 0 Å². The first kappa shape index (κ1) is 13.4. The first-order valence-corrected chi connectivity index (χ1v) is 6.37. The van der Waals surface area contributed by atoms with Gasteiger partial charge in [-0.15, -0.1) is 0 Å². The van der Waals surface area contributed by atoms with Gasteiger partial charge < -0.3 is 14.8 Å². The van der Waals surface area contributed by atoms with E-state index in [4.69, 9.17) is 9.47 Å². The minimum absolute atomic E-state index is 0.106. The Labute approximate surface area is 111 Å². The van der Waals surface area contributed by atoms with Crippen LogP contribution in [0.3, 0.4) is 0 Å². The van der Waals surface area contributed by atoms with Crippen LogP contribution in [-0.2, 0) is 14.3 Å². The number of ether oxygens (including phenoxy) is 2. The van der Waals surface area contributed by atoms with E-state index >= 15 is 0 Å². The molecule has 0 spiro atoms. The minimum atomic E-state index is -0.347. The topological polar surface area (TPSA) is 64.6 Å². The smallest absolute Gasteiger partial charge is 0.306 e. The largest absolute Gasteiger partial charge is 0.491 e. The molecular formula is C14H17NO4. The summed E-state index contributed by atoms with van der Waals surface area (Å²) < 4.78 is 10.2. The Morgan fingerprint density at radius 1 is 1.37 bits per heavy atom. The lowest BCUT2D eigenvalue weighted by Crippen LogP contribution is -2.29. The zero-order chi connectivity index (χ0) is 13.7. The Balaban J connectivity index is 1.82. The average molecular weight is 263 g/mol. The number of rotatable bonds is 5. The predicted octanol–water partition coefficient (Wildman–Crippen LogP) is 1.58. The van der Waals surface area contributed by atoms with E-state index in [-0.39, 0.29) is 30.8 Å². The molecule has 1 atom stereocenters. The first-order chi connectivity index (χ1) is 9.20. The SMILES string of the molecule is CCOC(=O)CCC(=O)NC1COc2ccccc21. The summed E-state index contributed by atoms with van der Waals surface area (Å²) in [6.45, 7) is 2.51. The normalized spacial score (nSPS) is 16.4. The second kappa shape index (κ2) is 6.22. The zero-order valence-electron chi connectivity index (χ0n) is 10.8. The van der Waals surface area contributed by atoms with Gasteiger partial charge >= 0.3 is 5.97 Å². The van der Waals surface area contributed by atoms with E-state index in [2.05, 4.69) is 5.32 Å². The van der Waals surface area contributed by atoms with E-state index in [9.17, 15) is 9.59 Å². The molecule has 2 rings (SSSR count). The molecule has 19 heavy (non-hydrogen) atoms. The third-order valence-electron chi connectivity index (χ3n) is 2.90. The van der Waals surface area contributed by atoms with Crippen molar-refractivity contribution >= 4 is 11.9 Å². The molecule has 1 unspecified atom stereocenters. The lowest BCUT2D eigenvalue weighted by molar-refractivity contribution is -0.144. The Morgan fingerprint density at radius 3 is 2.95 bits per heavy atom. The number of nitrogens with one attached hydrogen (secondary N) is 1. The van der Waals surface area contributed by atoms with Crippen LogP contribution in [0.2, 0.25) is 0 Å². The van der Waals surface area contributed by atoms with Gasteiger partial charge in [-0.1, -0.05) is 18.2 Å². The summed E-state index contributed by atoms with van der Waals surface area (Å²) in [6.07, 6.45) is 0.242. The van der Waals surface area contributed by atoms with Gasteiger partial charge in [-0.3, -0.25) is 9.59 Å². The van der Waals surface area contributed by atoms with Crippen LogP contribution in [0.1, 0.15) is 31.4 Å². The third kappa shape index (κ3) is 3.47. The monoisotopic (exact) mass is 263 g/mol. The van der Waals surface area contributed by atoms with Crippen LogP contribution in [0.25, 0.3) is 0 Å². The van der Waals surface area contributed by atoms with Gasteiger partial charge in [0.05, 0.1) is 19.1 Å². The maximum Gasteiger partial charge on any atom is 0.306 e. The quantitative estimate of drug-likeness (QED) is 0.819. The summed E-state index contributed by atoms with van der Waals surface area (Å²) in [5.41, 5.74) is 0.979. The molecule has 0 saturated carbocycles. The number of carbonyl (C=O) groups excluding carboxylic acids is 2. The van der Waals surface area contributed by atoms with Crippen LogP contribution in [-0.4, -0.2) is 25.1 Å². The molecule has 5 heteroatoms. The van der Waals surface area contributed by atoms with Crippen molar-refractivity contribution in [2.75, 3.05) is 13.2 Å². The molecule has 0 fully saturated rings. The van der Waals surface area contributed by atoms with Crippen LogP contribution in [0.4, 0.5) is 0 Å². The lowest BCUT2D eigenvalue weighted by atomic mass is 10.1. The van der Waals surface area contributed by atoms with Crippen molar-refractivity contribution < 1.29 is 19.1 Å². The number of esters is 1. The van der Waals surface area contributed by atoms with Crippen molar-refractivity contribution in [3.05, 3.63) is 29.8 Å². The van der Waals surface area contributed by atoms with Crippen LogP contribution in [0.15, 0.2) is 24.3 Å². The number of para-hydroxylation sites is 1. The molecule has 0 bridgehead atoms. The fourth-order valence-electron chi connectivity index (χ4n) is 2.00. The van der Waals surface area contributed by atoms with Gasteiger partial charge in [0.2, 0.25) is 5.91 Å². The van der Waals surface area contributed by atoms with Gasteiger partial charge in [0, 0.05) is 12.0 Å². The van der Waals surface area contributed by atoms with Gasteiger partial charge in [0.25, 0.3) is 0 Å². The second-order valence-electron chi connectivity index (χ2n) is 4.27. The molecule has 5 nitrogen and oxygen atoms in total. The Morgan fingerprint density at radius 2 is 2.16 bits per heavy atom.